The predicted molar refractivity (Wildman–Crippen MR) is 64.6 cm³/mol. The predicted octanol–water partition coefficient (Wildman–Crippen LogP) is 2.47. The number of hydrogen-bond acceptors (Lipinski definition) is 3. The van der Waals surface area contributed by atoms with Crippen LogP contribution in [-0.2, 0) is 9.47 Å². The van der Waals surface area contributed by atoms with Crippen molar-refractivity contribution in [1.82, 2.24) is 0 Å². The van der Waals surface area contributed by atoms with Gasteiger partial charge in [-0.3, -0.25) is 0 Å². The molecule has 2 aliphatic carbocycles. The summed E-state index contributed by atoms with van der Waals surface area (Å²) in [5.74, 6) is -0.348. The molecule has 17 heavy (non-hydrogen) atoms. The average Bonchev–Trinajstić information content (AvgIpc) is 2.58. The molecule has 1 saturated heterocycles. The Hall–Kier alpha value is -0.120. The van der Waals surface area contributed by atoms with Crippen molar-refractivity contribution in [3.63, 3.8) is 0 Å². The van der Waals surface area contributed by atoms with Crippen LogP contribution in [0.15, 0.2) is 0 Å². The summed E-state index contributed by atoms with van der Waals surface area (Å²) >= 11 is 0. The molecule has 0 atom stereocenters. The van der Waals surface area contributed by atoms with E-state index in [0.29, 0.717) is 5.41 Å². The average molecular weight is 240 g/mol. The summed E-state index contributed by atoms with van der Waals surface area (Å²) in [6, 6.07) is 0. The quantitative estimate of drug-likeness (QED) is 0.707. The molecule has 0 radical (unpaired) electrons. The second-order valence-electron chi connectivity index (χ2n) is 7.36. The minimum Gasteiger partial charge on any atom is -0.390 e. The van der Waals surface area contributed by atoms with Gasteiger partial charge in [0.25, 0.3) is 0 Å². The highest BCUT2D eigenvalue weighted by atomic mass is 16.7. The van der Waals surface area contributed by atoms with Gasteiger partial charge in [0.05, 0.1) is 18.8 Å². The molecule has 2 spiro atoms. The third kappa shape index (κ3) is 1.66. The van der Waals surface area contributed by atoms with Crippen molar-refractivity contribution < 1.29 is 14.6 Å². The first-order valence-electron chi connectivity index (χ1n) is 6.79. The Morgan fingerprint density at radius 2 is 1.47 bits per heavy atom. The first-order chi connectivity index (χ1) is 7.79. The van der Waals surface area contributed by atoms with E-state index in [9.17, 15) is 5.11 Å². The van der Waals surface area contributed by atoms with Crippen LogP contribution in [0.3, 0.4) is 0 Å². The minimum absolute atomic E-state index is 0.0538. The Kier molecular flexibility index (Phi) is 2.28. The van der Waals surface area contributed by atoms with Crippen molar-refractivity contribution in [2.75, 3.05) is 13.2 Å². The smallest absolute Gasteiger partial charge is 0.173 e. The normalized spacial score (nSPS) is 47.3. The molecule has 1 N–H and O–H groups in total. The molecule has 1 aliphatic heterocycles. The molecule has 0 aromatic rings. The summed E-state index contributed by atoms with van der Waals surface area (Å²) in [4.78, 5) is 0. The fourth-order valence-corrected chi connectivity index (χ4v) is 4.78. The van der Waals surface area contributed by atoms with Crippen LogP contribution in [-0.4, -0.2) is 29.7 Å². The van der Waals surface area contributed by atoms with Gasteiger partial charge in [-0.15, -0.1) is 0 Å². The highest BCUT2D eigenvalue weighted by Crippen LogP contribution is 2.64. The Bertz CT molecular complexity index is 318. The molecular weight excluding hydrogens is 216 g/mol. The lowest BCUT2D eigenvalue weighted by molar-refractivity contribution is -0.282. The third-order valence-corrected chi connectivity index (χ3v) is 5.10. The summed E-state index contributed by atoms with van der Waals surface area (Å²) < 4.78 is 11.9. The van der Waals surface area contributed by atoms with Gasteiger partial charge in [-0.25, -0.2) is 0 Å². The zero-order valence-corrected chi connectivity index (χ0v) is 11.2. The lowest BCUT2D eigenvalue weighted by Gasteiger charge is -2.61. The lowest BCUT2D eigenvalue weighted by Crippen LogP contribution is -2.60. The Morgan fingerprint density at radius 3 is 1.94 bits per heavy atom. The number of rotatable bonds is 0. The fourth-order valence-electron chi connectivity index (χ4n) is 4.78. The van der Waals surface area contributed by atoms with E-state index in [-0.39, 0.29) is 11.2 Å². The zero-order chi connectivity index (χ0) is 12.4. The van der Waals surface area contributed by atoms with Crippen molar-refractivity contribution in [2.24, 2.45) is 10.8 Å². The summed E-state index contributed by atoms with van der Waals surface area (Å²) in [6.07, 6.45) is 5.11. The van der Waals surface area contributed by atoms with E-state index in [1.54, 1.807) is 0 Å². The van der Waals surface area contributed by atoms with Crippen LogP contribution in [0.4, 0.5) is 0 Å². The maximum Gasteiger partial charge on any atom is 0.173 e. The molecule has 1 heterocycles. The Labute approximate surface area is 103 Å². The van der Waals surface area contributed by atoms with Crippen LogP contribution in [0.25, 0.3) is 0 Å². The zero-order valence-electron chi connectivity index (χ0n) is 11.2. The van der Waals surface area contributed by atoms with Gasteiger partial charge in [-0.2, -0.15) is 0 Å². The first kappa shape index (κ1) is 11.9. The largest absolute Gasteiger partial charge is 0.390 e. The van der Waals surface area contributed by atoms with Crippen LogP contribution in [0.1, 0.15) is 52.9 Å². The van der Waals surface area contributed by atoms with Crippen molar-refractivity contribution >= 4 is 0 Å². The van der Waals surface area contributed by atoms with E-state index >= 15 is 0 Å². The molecule has 3 heteroatoms. The monoisotopic (exact) mass is 240 g/mol. The molecule has 3 fully saturated rings. The van der Waals surface area contributed by atoms with Crippen LogP contribution in [0.2, 0.25) is 0 Å². The molecule has 3 nitrogen and oxygen atoms in total. The van der Waals surface area contributed by atoms with Crippen LogP contribution >= 0.6 is 0 Å². The standard InChI is InChI=1S/C14H24O3/c1-11(2)8-13(9-12(3,15)10-13)4-5-14(11)16-6-7-17-14/h15H,4-10H2,1-3H3. The number of ether oxygens (including phenoxy) is 2. The number of hydrogen-bond donors (Lipinski definition) is 1. The maximum atomic E-state index is 10.00. The van der Waals surface area contributed by atoms with Gasteiger partial charge in [-0.1, -0.05) is 13.8 Å². The summed E-state index contributed by atoms with van der Waals surface area (Å²) in [6.45, 7) is 7.93. The van der Waals surface area contributed by atoms with Gasteiger partial charge in [-0.05, 0) is 38.0 Å². The Balaban J connectivity index is 1.78. The van der Waals surface area contributed by atoms with Gasteiger partial charge in [0.15, 0.2) is 5.79 Å². The topological polar surface area (TPSA) is 38.7 Å². The minimum atomic E-state index is -0.433. The molecule has 0 amide bonds. The SMILES string of the molecule is CC1(O)CC2(CCC3(OCCO3)C(C)(C)C2)C1. The molecule has 2 saturated carbocycles. The molecule has 3 aliphatic rings. The van der Waals surface area contributed by atoms with Crippen molar-refractivity contribution in [1.29, 1.82) is 0 Å². The molecule has 3 rings (SSSR count). The second kappa shape index (κ2) is 3.25. The van der Waals surface area contributed by atoms with Gasteiger partial charge >= 0.3 is 0 Å². The van der Waals surface area contributed by atoms with E-state index in [4.69, 9.17) is 9.47 Å². The van der Waals surface area contributed by atoms with Crippen molar-refractivity contribution in [3.05, 3.63) is 0 Å². The van der Waals surface area contributed by atoms with Gasteiger partial charge < -0.3 is 14.6 Å². The first-order valence-corrected chi connectivity index (χ1v) is 6.79. The van der Waals surface area contributed by atoms with E-state index in [1.165, 1.54) is 0 Å². The fraction of sp³-hybridized carbons (Fsp3) is 1.00. The van der Waals surface area contributed by atoms with Crippen molar-refractivity contribution in [3.8, 4) is 0 Å². The van der Waals surface area contributed by atoms with Crippen LogP contribution in [0.5, 0.6) is 0 Å². The summed E-state index contributed by atoms with van der Waals surface area (Å²) in [5, 5.41) is 10.00. The highest BCUT2D eigenvalue weighted by molar-refractivity contribution is 5.10. The van der Waals surface area contributed by atoms with Crippen LogP contribution < -0.4 is 0 Å². The maximum absolute atomic E-state index is 10.00. The van der Waals surface area contributed by atoms with Gasteiger partial charge in [0.2, 0.25) is 0 Å². The van der Waals surface area contributed by atoms with Crippen LogP contribution in [0, 0.1) is 10.8 Å². The van der Waals surface area contributed by atoms with Crippen molar-refractivity contribution in [2.45, 2.75) is 64.3 Å². The van der Waals surface area contributed by atoms with E-state index in [2.05, 4.69) is 13.8 Å². The highest BCUT2D eigenvalue weighted by Gasteiger charge is 2.62. The number of aliphatic hydroxyl groups is 1. The molecule has 0 unspecified atom stereocenters. The Morgan fingerprint density at radius 1 is 0.882 bits per heavy atom. The molecule has 0 aromatic heterocycles. The molecule has 0 aromatic carbocycles. The summed E-state index contributed by atoms with van der Waals surface area (Å²) in [7, 11) is 0. The molecular formula is C14H24O3. The summed E-state index contributed by atoms with van der Waals surface area (Å²) in [5.41, 5.74) is -0.0379. The van der Waals surface area contributed by atoms with E-state index in [1.807, 2.05) is 6.92 Å². The van der Waals surface area contributed by atoms with E-state index < -0.39 is 5.60 Å². The van der Waals surface area contributed by atoms with Gasteiger partial charge in [0, 0.05) is 11.8 Å². The molecule has 98 valence electrons. The van der Waals surface area contributed by atoms with E-state index in [0.717, 1.165) is 45.3 Å². The molecule has 0 bridgehead atoms. The van der Waals surface area contributed by atoms with Gasteiger partial charge in [0.1, 0.15) is 0 Å². The second-order valence-corrected chi connectivity index (χ2v) is 7.36. The lowest BCUT2D eigenvalue weighted by atomic mass is 9.48. The third-order valence-electron chi connectivity index (χ3n) is 5.10.